The second-order valence-electron chi connectivity index (χ2n) is 4.77. The molecule has 0 saturated carbocycles. The minimum atomic E-state index is -1.82. The molecule has 16 heavy (non-hydrogen) atoms. The molecule has 0 spiro atoms. The SMILES string of the molecule is C[Si](C)(C)OC(=O)c1cc2ccccc2[nH]1. The van der Waals surface area contributed by atoms with Crippen molar-refractivity contribution < 1.29 is 9.22 Å². The van der Waals surface area contributed by atoms with Crippen molar-refractivity contribution in [3.8, 4) is 0 Å². The maximum Gasteiger partial charge on any atom is 0.341 e. The van der Waals surface area contributed by atoms with Gasteiger partial charge in [0.25, 0.3) is 0 Å². The normalized spacial score (nSPS) is 11.7. The first-order chi connectivity index (χ1) is 7.46. The highest BCUT2D eigenvalue weighted by Gasteiger charge is 2.21. The monoisotopic (exact) mass is 233 g/mol. The Balaban J connectivity index is 2.30. The van der Waals surface area contributed by atoms with E-state index in [4.69, 9.17) is 4.43 Å². The topological polar surface area (TPSA) is 42.1 Å². The Bertz CT molecular complexity index is 492. The summed E-state index contributed by atoms with van der Waals surface area (Å²) in [7, 11) is -1.82. The standard InChI is InChI=1S/C12H15NO2Si/c1-16(2,3)15-12(14)11-8-9-6-4-5-7-10(9)13-11/h4-8,13H,1-3H3. The molecule has 0 amide bonds. The first kappa shape index (κ1) is 10.9. The molecule has 1 N–H and O–H groups in total. The van der Waals surface area contributed by atoms with E-state index in [1.807, 2.05) is 50.0 Å². The Hall–Kier alpha value is -1.55. The average molecular weight is 233 g/mol. The second-order valence-corrected chi connectivity index (χ2v) is 9.20. The molecule has 0 unspecified atom stereocenters. The van der Waals surface area contributed by atoms with E-state index in [-0.39, 0.29) is 5.97 Å². The predicted octanol–water partition coefficient (Wildman–Crippen LogP) is 3.16. The lowest BCUT2D eigenvalue weighted by molar-refractivity contribution is 0.0719. The lowest BCUT2D eigenvalue weighted by Crippen LogP contribution is -2.29. The molecular formula is C12H15NO2Si. The number of nitrogens with one attached hydrogen (secondary N) is 1. The van der Waals surface area contributed by atoms with Crippen molar-refractivity contribution >= 4 is 25.2 Å². The van der Waals surface area contributed by atoms with E-state index in [1.54, 1.807) is 0 Å². The van der Waals surface area contributed by atoms with Crippen LogP contribution in [0.25, 0.3) is 10.9 Å². The molecule has 4 heteroatoms. The molecular weight excluding hydrogens is 218 g/mol. The number of carbonyl (C=O) groups excluding carboxylic acids is 1. The fourth-order valence-electron chi connectivity index (χ4n) is 1.52. The van der Waals surface area contributed by atoms with Gasteiger partial charge in [-0.25, -0.2) is 4.79 Å². The Morgan fingerprint density at radius 2 is 1.94 bits per heavy atom. The van der Waals surface area contributed by atoms with Crippen LogP contribution < -0.4 is 0 Å². The van der Waals surface area contributed by atoms with E-state index >= 15 is 0 Å². The number of para-hydroxylation sites is 1. The highest BCUT2D eigenvalue weighted by molar-refractivity contribution is 6.71. The smallest absolute Gasteiger partial charge is 0.341 e. The van der Waals surface area contributed by atoms with E-state index in [0.717, 1.165) is 10.9 Å². The molecule has 84 valence electrons. The average Bonchev–Trinajstić information content (AvgIpc) is 2.58. The Kier molecular flexibility index (Phi) is 2.59. The first-order valence-electron chi connectivity index (χ1n) is 5.27. The van der Waals surface area contributed by atoms with Crippen LogP contribution in [0.3, 0.4) is 0 Å². The third-order valence-electron chi connectivity index (χ3n) is 2.15. The molecule has 0 radical (unpaired) electrons. The van der Waals surface area contributed by atoms with Crippen molar-refractivity contribution in [3.63, 3.8) is 0 Å². The fraction of sp³-hybridized carbons (Fsp3) is 0.250. The highest BCUT2D eigenvalue weighted by atomic mass is 28.4. The predicted molar refractivity (Wildman–Crippen MR) is 67.1 cm³/mol. The van der Waals surface area contributed by atoms with Gasteiger partial charge in [-0.2, -0.15) is 0 Å². The fourth-order valence-corrected chi connectivity index (χ4v) is 2.18. The molecule has 0 saturated heterocycles. The summed E-state index contributed by atoms with van der Waals surface area (Å²) in [6, 6.07) is 9.63. The summed E-state index contributed by atoms with van der Waals surface area (Å²) in [6.07, 6.45) is 0. The van der Waals surface area contributed by atoms with Crippen LogP contribution in [0.1, 0.15) is 10.5 Å². The van der Waals surface area contributed by atoms with Gasteiger partial charge < -0.3 is 9.41 Å². The number of aromatic amines is 1. The summed E-state index contributed by atoms with van der Waals surface area (Å²) in [6.45, 7) is 5.98. The van der Waals surface area contributed by atoms with Crippen LogP contribution in [0, 0.1) is 0 Å². The molecule has 1 aromatic carbocycles. The van der Waals surface area contributed by atoms with Crippen molar-refractivity contribution in [1.29, 1.82) is 0 Å². The zero-order valence-corrected chi connectivity index (χ0v) is 10.7. The Labute approximate surface area is 95.6 Å². The van der Waals surface area contributed by atoms with Crippen molar-refractivity contribution in [2.75, 3.05) is 0 Å². The van der Waals surface area contributed by atoms with Crippen LogP contribution in [0.2, 0.25) is 19.6 Å². The maximum atomic E-state index is 11.8. The van der Waals surface area contributed by atoms with Crippen LogP contribution in [0.5, 0.6) is 0 Å². The van der Waals surface area contributed by atoms with E-state index in [2.05, 4.69) is 4.98 Å². The zero-order chi connectivity index (χ0) is 11.8. The molecule has 0 bridgehead atoms. The van der Waals surface area contributed by atoms with Crippen molar-refractivity contribution in [2.24, 2.45) is 0 Å². The van der Waals surface area contributed by atoms with Gasteiger partial charge in [-0.1, -0.05) is 18.2 Å². The van der Waals surface area contributed by atoms with Crippen molar-refractivity contribution in [2.45, 2.75) is 19.6 Å². The number of benzene rings is 1. The zero-order valence-electron chi connectivity index (χ0n) is 9.70. The first-order valence-corrected chi connectivity index (χ1v) is 8.68. The summed E-state index contributed by atoms with van der Waals surface area (Å²) >= 11 is 0. The van der Waals surface area contributed by atoms with E-state index in [9.17, 15) is 4.79 Å². The summed E-state index contributed by atoms with van der Waals surface area (Å²) in [5, 5.41) is 1.03. The number of fused-ring (bicyclic) bond motifs is 1. The molecule has 0 aliphatic rings. The van der Waals surface area contributed by atoms with E-state index in [1.165, 1.54) is 0 Å². The largest absolute Gasteiger partial charge is 0.515 e. The third-order valence-corrected chi connectivity index (χ3v) is 2.95. The molecule has 2 rings (SSSR count). The van der Waals surface area contributed by atoms with Gasteiger partial charge >= 0.3 is 5.97 Å². The molecule has 2 aromatic rings. The van der Waals surface area contributed by atoms with Gasteiger partial charge in [0.15, 0.2) is 0 Å². The highest BCUT2D eigenvalue weighted by Crippen LogP contribution is 2.16. The Morgan fingerprint density at radius 3 is 2.56 bits per heavy atom. The summed E-state index contributed by atoms with van der Waals surface area (Å²) in [5.41, 5.74) is 1.49. The van der Waals surface area contributed by atoms with Crippen LogP contribution in [-0.4, -0.2) is 19.3 Å². The molecule has 0 aliphatic carbocycles. The maximum absolute atomic E-state index is 11.8. The van der Waals surface area contributed by atoms with Crippen LogP contribution in [0.15, 0.2) is 30.3 Å². The summed E-state index contributed by atoms with van der Waals surface area (Å²) < 4.78 is 5.42. The lowest BCUT2D eigenvalue weighted by atomic mass is 10.2. The van der Waals surface area contributed by atoms with Gasteiger partial charge in [0.2, 0.25) is 8.32 Å². The van der Waals surface area contributed by atoms with Crippen LogP contribution in [0.4, 0.5) is 0 Å². The van der Waals surface area contributed by atoms with Gasteiger partial charge in [-0.3, -0.25) is 0 Å². The second kappa shape index (κ2) is 3.79. The molecule has 0 fully saturated rings. The minimum absolute atomic E-state index is 0.254. The minimum Gasteiger partial charge on any atom is -0.515 e. The van der Waals surface area contributed by atoms with E-state index in [0.29, 0.717) is 5.69 Å². The number of hydrogen-bond acceptors (Lipinski definition) is 2. The number of carbonyl (C=O) groups is 1. The van der Waals surface area contributed by atoms with Gasteiger partial charge in [0, 0.05) is 10.9 Å². The molecule has 0 atom stereocenters. The number of hydrogen-bond donors (Lipinski definition) is 1. The number of rotatable bonds is 2. The van der Waals surface area contributed by atoms with Crippen LogP contribution >= 0.6 is 0 Å². The van der Waals surface area contributed by atoms with Gasteiger partial charge in [-0.15, -0.1) is 0 Å². The van der Waals surface area contributed by atoms with Gasteiger partial charge in [-0.05, 0) is 31.8 Å². The van der Waals surface area contributed by atoms with Crippen molar-refractivity contribution in [3.05, 3.63) is 36.0 Å². The molecule has 1 aromatic heterocycles. The molecule has 0 aliphatic heterocycles. The quantitative estimate of drug-likeness (QED) is 0.810. The molecule has 1 heterocycles. The van der Waals surface area contributed by atoms with E-state index < -0.39 is 8.32 Å². The summed E-state index contributed by atoms with van der Waals surface area (Å²) in [5.74, 6) is -0.254. The lowest BCUT2D eigenvalue weighted by Gasteiger charge is -2.16. The number of aromatic nitrogens is 1. The third kappa shape index (κ3) is 2.33. The van der Waals surface area contributed by atoms with Crippen molar-refractivity contribution in [1.82, 2.24) is 4.98 Å². The van der Waals surface area contributed by atoms with Gasteiger partial charge in [0.05, 0.1) is 0 Å². The summed E-state index contributed by atoms with van der Waals surface area (Å²) in [4.78, 5) is 14.9. The van der Waals surface area contributed by atoms with Gasteiger partial charge in [0.1, 0.15) is 5.69 Å². The Morgan fingerprint density at radius 1 is 1.25 bits per heavy atom. The van der Waals surface area contributed by atoms with Crippen LogP contribution in [-0.2, 0) is 4.43 Å². The number of H-pyrrole nitrogens is 1. The molecule has 3 nitrogen and oxygen atoms in total.